The molecule has 5 nitrogen and oxygen atoms in total. The number of rotatable bonds is 14. The summed E-state index contributed by atoms with van der Waals surface area (Å²) in [5, 5.41) is 9.87. The Balaban J connectivity index is 2.20. The summed E-state index contributed by atoms with van der Waals surface area (Å²) in [4.78, 5) is 11.5. The van der Waals surface area contributed by atoms with E-state index in [-0.39, 0.29) is 12.0 Å². The molecule has 0 radical (unpaired) electrons. The number of hydrogen-bond acceptors (Lipinski definition) is 4. The number of aliphatic hydroxyl groups is 1. The van der Waals surface area contributed by atoms with Gasteiger partial charge in [0.05, 0.1) is 13.2 Å². The van der Waals surface area contributed by atoms with E-state index in [4.69, 9.17) is 0 Å². The van der Waals surface area contributed by atoms with E-state index in [1.165, 1.54) is 18.3 Å². The van der Waals surface area contributed by atoms with Gasteiger partial charge in [-0.3, -0.25) is 13.7 Å². The first kappa shape index (κ1) is 24.5. The predicted octanol–water partition coefficient (Wildman–Crippen LogP) is 4.59. The summed E-state index contributed by atoms with van der Waals surface area (Å²) in [6.45, 7) is 2.13. The van der Waals surface area contributed by atoms with E-state index in [1.807, 2.05) is 6.08 Å². The van der Waals surface area contributed by atoms with E-state index >= 15 is 0 Å². The van der Waals surface area contributed by atoms with Crippen LogP contribution in [0.25, 0.3) is 0 Å². The molecule has 0 saturated carbocycles. The Morgan fingerprint density at radius 3 is 2.64 bits per heavy atom. The van der Waals surface area contributed by atoms with Crippen molar-refractivity contribution in [3.05, 3.63) is 47.6 Å². The van der Waals surface area contributed by atoms with Crippen LogP contribution < -0.4 is 4.72 Å². The molecule has 0 spiro atoms. The zero-order valence-corrected chi connectivity index (χ0v) is 18.0. The number of hydrogen-bond donors (Lipinski definition) is 2. The van der Waals surface area contributed by atoms with E-state index in [2.05, 4.69) is 46.2 Å². The number of unbranched alkanes of at least 4 members (excludes halogenated alkanes) is 2. The van der Waals surface area contributed by atoms with Crippen LogP contribution in [-0.4, -0.2) is 28.4 Å². The summed E-state index contributed by atoms with van der Waals surface area (Å²) in [7, 11) is 1.28. The van der Waals surface area contributed by atoms with Crippen LogP contribution in [0, 0.1) is 0 Å². The first-order valence-electron chi connectivity index (χ1n) is 10.2. The van der Waals surface area contributed by atoms with Crippen LogP contribution in [-0.2, 0) is 20.2 Å². The summed E-state index contributed by atoms with van der Waals surface area (Å²) < 4.78 is 17.8. The van der Waals surface area contributed by atoms with Crippen LogP contribution in [0.4, 0.5) is 0 Å². The Morgan fingerprint density at radius 1 is 1.25 bits per heavy atom. The third kappa shape index (κ3) is 12.1. The molecule has 0 heterocycles. The van der Waals surface area contributed by atoms with Gasteiger partial charge in [-0.15, -0.1) is 0 Å². The van der Waals surface area contributed by atoms with Crippen molar-refractivity contribution in [2.24, 2.45) is 0 Å². The number of carbonyl (C=O) groups excluding carboxylic acids is 1. The van der Waals surface area contributed by atoms with Gasteiger partial charge in [-0.05, 0) is 44.9 Å². The lowest BCUT2D eigenvalue weighted by atomic mass is 9.93. The van der Waals surface area contributed by atoms with Gasteiger partial charge in [-0.2, -0.15) is 0 Å². The van der Waals surface area contributed by atoms with Crippen LogP contribution in [0.1, 0.15) is 71.1 Å². The second kappa shape index (κ2) is 15.4. The zero-order chi connectivity index (χ0) is 20.6. The van der Waals surface area contributed by atoms with Crippen molar-refractivity contribution in [2.75, 3.05) is 7.11 Å². The van der Waals surface area contributed by atoms with Gasteiger partial charge in [0.1, 0.15) is 0 Å². The number of amides is 1. The SMILES string of the molecule is CCCCC(O)/C=C\CC1=CCC=C(C/C=C\CCCC(=O)NS(=O)OC)C1. The Hall–Kier alpha value is -1.50. The molecule has 1 rings (SSSR count). The molecular weight excluding hydrogens is 374 g/mol. The van der Waals surface area contributed by atoms with Crippen molar-refractivity contribution >= 4 is 17.2 Å². The lowest BCUT2D eigenvalue weighted by Gasteiger charge is -2.13. The minimum Gasteiger partial charge on any atom is -0.389 e. The quantitative estimate of drug-likeness (QED) is 0.325. The maximum absolute atomic E-state index is 11.5. The normalized spacial score (nSPS) is 16.8. The van der Waals surface area contributed by atoms with Crippen LogP contribution in [0.2, 0.25) is 0 Å². The summed E-state index contributed by atoms with van der Waals surface area (Å²) in [6, 6.07) is 0. The van der Waals surface area contributed by atoms with E-state index in [0.29, 0.717) is 6.42 Å². The van der Waals surface area contributed by atoms with Gasteiger partial charge < -0.3 is 5.11 Å². The number of nitrogens with one attached hydrogen (secondary N) is 1. The number of aliphatic hydroxyl groups excluding tert-OH is 1. The highest BCUT2D eigenvalue weighted by molar-refractivity contribution is 7.78. The summed E-state index contributed by atoms with van der Waals surface area (Å²) >= 11 is -1.73. The molecular formula is C22H35NO4S. The van der Waals surface area contributed by atoms with Gasteiger partial charge in [-0.1, -0.05) is 67.4 Å². The largest absolute Gasteiger partial charge is 0.389 e. The zero-order valence-electron chi connectivity index (χ0n) is 17.2. The molecule has 0 aromatic heterocycles. The minimum absolute atomic E-state index is 0.258. The summed E-state index contributed by atoms with van der Waals surface area (Å²) in [5.41, 5.74) is 2.83. The van der Waals surface area contributed by atoms with Gasteiger partial charge in [0.15, 0.2) is 0 Å². The van der Waals surface area contributed by atoms with E-state index in [9.17, 15) is 14.1 Å². The molecule has 1 aliphatic rings. The maximum atomic E-state index is 11.5. The summed E-state index contributed by atoms with van der Waals surface area (Å²) in [6.07, 6.45) is 21.2. The minimum atomic E-state index is -1.73. The van der Waals surface area contributed by atoms with Crippen molar-refractivity contribution in [3.63, 3.8) is 0 Å². The molecule has 0 aliphatic heterocycles. The van der Waals surface area contributed by atoms with Crippen LogP contribution in [0.3, 0.4) is 0 Å². The molecule has 1 aliphatic carbocycles. The van der Waals surface area contributed by atoms with Crippen LogP contribution in [0.15, 0.2) is 47.6 Å². The molecule has 2 N–H and O–H groups in total. The lowest BCUT2D eigenvalue weighted by molar-refractivity contribution is -0.119. The van der Waals surface area contributed by atoms with Crippen molar-refractivity contribution < 1.29 is 18.3 Å². The molecule has 158 valence electrons. The predicted molar refractivity (Wildman–Crippen MR) is 116 cm³/mol. The van der Waals surface area contributed by atoms with Crippen molar-refractivity contribution in [2.45, 2.75) is 77.2 Å². The first-order valence-corrected chi connectivity index (χ1v) is 11.2. The topological polar surface area (TPSA) is 75.6 Å². The lowest BCUT2D eigenvalue weighted by Crippen LogP contribution is -2.25. The molecule has 0 aromatic rings. The smallest absolute Gasteiger partial charge is 0.263 e. The molecule has 0 aromatic carbocycles. The summed E-state index contributed by atoms with van der Waals surface area (Å²) in [5.74, 6) is -0.258. The van der Waals surface area contributed by atoms with Crippen molar-refractivity contribution in [1.29, 1.82) is 0 Å². The van der Waals surface area contributed by atoms with Gasteiger partial charge in [-0.25, -0.2) is 4.21 Å². The van der Waals surface area contributed by atoms with Gasteiger partial charge in [0.2, 0.25) is 5.91 Å². The third-order valence-corrected chi connectivity index (χ3v) is 5.23. The third-order valence-electron chi connectivity index (χ3n) is 4.53. The van der Waals surface area contributed by atoms with Crippen LogP contribution >= 0.6 is 0 Å². The fraction of sp³-hybridized carbons (Fsp3) is 0.591. The van der Waals surface area contributed by atoms with E-state index < -0.39 is 11.3 Å². The maximum Gasteiger partial charge on any atom is 0.263 e. The highest BCUT2D eigenvalue weighted by Gasteiger charge is 2.06. The Morgan fingerprint density at radius 2 is 1.96 bits per heavy atom. The number of allylic oxidation sites excluding steroid dienone is 7. The second-order valence-corrected chi connectivity index (χ2v) is 7.98. The van der Waals surface area contributed by atoms with Crippen molar-refractivity contribution in [1.82, 2.24) is 4.72 Å². The van der Waals surface area contributed by atoms with Gasteiger partial charge in [0, 0.05) is 6.42 Å². The van der Waals surface area contributed by atoms with E-state index in [0.717, 1.165) is 57.8 Å². The van der Waals surface area contributed by atoms with Gasteiger partial charge >= 0.3 is 0 Å². The molecule has 0 bridgehead atoms. The molecule has 28 heavy (non-hydrogen) atoms. The van der Waals surface area contributed by atoms with Gasteiger partial charge in [0.25, 0.3) is 11.3 Å². The highest BCUT2D eigenvalue weighted by atomic mass is 32.2. The Kier molecular flexibility index (Phi) is 13.5. The Bertz CT molecular complexity index is 608. The van der Waals surface area contributed by atoms with Crippen LogP contribution in [0.5, 0.6) is 0 Å². The molecule has 2 atom stereocenters. The molecule has 1 amide bonds. The first-order chi connectivity index (χ1) is 13.5. The molecule has 0 fully saturated rings. The standard InChI is InChI=1S/C22H35NO4S/c1-3-4-15-21(24)16-10-14-20-13-9-12-19(18-20)11-7-5-6-8-17-22(25)23-28(26)27-2/h5,7,10,12-13,16,21,24H,3-4,6,8-9,11,14-15,17-18H2,1-2H3,(H,23,25)/b7-5-,16-10-. The van der Waals surface area contributed by atoms with E-state index in [1.54, 1.807) is 0 Å². The number of carbonyl (C=O) groups is 1. The Labute approximate surface area is 172 Å². The monoisotopic (exact) mass is 409 g/mol. The highest BCUT2D eigenvalue weighted by Crippen LogP contribution is 2.24. The molecule has 0 saturated heterocycles. The second-order valence-electron chi connectivity index (χ2n) is 6.97. The van der Waals surface area contributed by atoms with Crippen molar-refractivity contribution in [3.8, 4) is 0 Å². The fourth-order valence-electron chi connectivity index (χ4n) is 2.94. The molecule has 6 heteroatoms. The average molecular weight is 410 g/mol. The average Bonchev–Trinajstić information content (AvgIpc) is 2.69. The fourth-order valence-corrected chi connectivity index (χ4v) is 3.32. The molecule has 2 unspecified atom stereocenters.